The molecule has 0 aromatic heterocycles. The predicted molar refractivity (Wildman–Crippen MR) is 79.4 cm³/mol. The molecule has 19 heavy (non-hydrogen) atoms. The lowest BCUT2D eigenvalue weighted by molar-refractivity contribution is 0.320. The molecule has 0 aliphatic heterocycles. The number of benzene rings is 1. The van der Waals surface area contributed by atoms with Crippen molar-refractivity contribution in [2.24, 2.45) is 5.16 Å². The summed E-state index contributed by atoms with van der Waals surface area (Å²) in [7, 11) is 0. The van der Waals surface area contributed by atoms with Crippen molar-refractivity contribution in [3.63, 3.8) is 0 Å². The Labute approximate surface area is 123 Å². The van der Waals surface area contributed by atoms with Crippen molar-refractivity contribution in [3.8, 4) is 6.07 Å². The number of nitriles is 1. The molecule has 2 rings (SSSR count). The molecule has 0 heterocycles. The van der Waals surface area contributed by atoms with Crippen molar-refractivity contribution in [1.82, 2.24) is 0 Å². The molecular formula is C14H8BrClN2O. The van der Waals surface area contributed by atoms with Gasteiger partial charge in [-0.1, -0.05) is 35.0 Å². The second-order valence-electron chi connectivity index (χ2n) is 3.76. The number of rotatable bonds is 1. The lowest BCUT2D eigenvalue weighted by Gasteiger charge is -2.08. The van der Waals surface area contributed by atoms with Crippen molar-refractivity contribution >= 4 is 38.8 Å². The van der Waals surface area contributed by atoms with Gasteiger partial charge in [0.2, 0.25) is 0 Å². The maximum Gasteiger partial charge on any atom is 0.116 e. The minimum Gasteiger partial charge on any atom is -0.410 e. The molecule has 0 fully saturated rings. The Bertz CT molecular complexity index is 664. The van der Waals surface area contributed by atoms with Crippen LogP contribution in [0.2, 0.25) is 5.02 Å². The molecule has 0 bridgehead atoms. The first kappa shape index (κ1) is 13.6. The molecule has 0 amide bonds. The molecule has 0 saturated heterocycles. The highest BCUT2D eigenvalue weighted by Gasteiger charge is 2.12. The van der Waals surface area contributed by atoms with Gasteiger partial charge in [0, 0.05) is 9.51 Å². The normalized spacial score (nSPS) is 19.0. The third-order valence-corrected chi connectivity index (χ3v) is 3.48. The van der Waals surface area contributed by atoms with Crippen molar-refractivity contribution in [2.75, 3.05) is 0 Å². The minimum absolute atomic E-state index is 0.414. The first-order valence-corrected chi connectivity index (χ1v) is 6.51. The number of halogens is 2. The van der Waals surface area contributed by atoms with Crippen molar-refractivity contribution in [3.05, 3.63) is 63.1 Å². The Morgan fingerprint density at radius 3 is 2.47 bits per heavy atom. The van der Waals surface area contributed by atoms with Crippen LogP contribution in [0.15, 0.2) is 57.7 Å². The molecule has 5 heteroatoms. The predicted octanol–water partition coefficient (Wildman–Crippen LogP) is 4.30. The Balaban J connectivity index is 2.51. The van der Waals surface area contributed by atoms with E-state index in [4.69, 9.17) is 16.8 Å². The van der Waals surface area contributed by atoms with Crippen LogP contribution in [0.4, 0.5) is 0 Å². The van der Waals surface area contributed by atoms with Gasteiger partial charge in [0.05, 0.1) is 5.57 Å². The smallest absolute Gasteiger partial charge is 0.116 e. The van der Waals surface area contributed by atoms with Crippen LogP contribution in [0.5, 0.6) is 0 Å². The van der Waals surface area contributed by atoms with Crippen LogP contribution >= 0.6 is 27.5 Å². The lowest BCUT2D eigenvalue weighted by atomic mass is 9.97. The van der Waals surface area contributed by atoms with Crippen LogP contribution in [0, 0.1) is 11.3 Å². The van der Waals surface area contributed by atoms with E-state index in [9.17, 15) is 5.26 Å². The highest BCUT2D eigenvalue weighted by Crippen LogP contribution is 2.27. The Kier molecular flexibility index (Phi) is 4.20. The van der Waals surface area contributed by atoms with E-state index in [0.29, 0.717) is 20.8 Å². The summed E-state index contributed by atoms with van der Waals surface area (Å²) in [6.45, 7) is 0. The molecular weight excluding hydrogens is 328 g/mol. The van der Waals surface area contributed by atoms with E-state index in [0.717, 1.165) is 11.1 Å². The fourth-order valence-corrected chi connectivity index (χ4v) is 2.24. The van der Waals surface area contributed by atoms with Gasteiger partial charge < -0.3 is 5.21 Å². The zero-order valence-electron chi connectivity index (χ0n) is 9.64. The molecule has 1 aliphatic carbocycles. The third kappa shape index (κ3) is 2.95. The van der Waals surface area contributed by atoms with E-state index in [1.807, 2.05) is 0 Å². The molecule has 1 aromatic rings. The van der Waals surface area contributed by atoms with Crippen molar-refractivity contribution < 1.29 is 5.21 Å². The average Bonchev–Trinajstić information content (AvgIpc) is 2.42. The maximum atomic E-state index is 9.31. The number of allylic oxidation sites excluding steroid dienone is 6. The van der Waals surface area contributed by atoms with Crippen LogP contribution in [-0.4, -0.2) is 10.9 Å². The zero-order chi connectivity index (χ0) is 13.8. The summed E-state index contributed by atoms with van der Waals surface area (Å²) in [6.07, 6.45) is 5.10. The van der Waals surface area contributed by atoms with Crippen molar-refractivity contribution in [1.29, 1.82) is 5.26 Å². The average molecular weight is 336 g/mol. The SMILES string of the molecule is N#C/C(=C1C=C/C(=N/O)C(Br)=C\1)c1ccc(Cl)cc1. The Hall–Kier alpha value is -1.83. The zero-order valence-corrected chi connectivity index (χ0v) is 12.0. The highest BCUT2D eigenvalue weighted by molar-refractivity contribution is 9.12. The monoisotopic (exact) mass is 334 g/mol. The summed E-state index contributed by atoms with van der Waals surface area (Å²) >= 11 is 9.12. The molecule has 3 nitrogen and oxygen atoms in total. The lowest BCUT2D eigenvalue weighted by Crippen LogP contribution is -2.00. The quantitative estimate of drug-likeness (QED) is 0.473. The summed E-state index contributed by atoms with van der Waals surface area (Å²) in [5.41, 5.74) is 2.47. The molecule has 1 aromatic carbocycles. The topological polar surface area (TPSA) is 56.4 Å². The van der Waals surface area contributed by atoms with Crippen LogP contribution in [0.1, 0.15) is 5.56 Å². The van der Waals surface area contributed by atoms with Gasteiger partial charge in [0.1, 0.15) is 11.8 Å². The van der Waals surface area contributed by atoms with Gasteiger partial charge in [0.15, 0.2) is 0 Å². The highest BCUT2D eigenvalue weighted by atomic mass is 79.9. The summed E-state index contributed by atoms with van der Waals surface area (Å²) < 4.78 is 0.620. The van der Waals surface area contributed by atoms with Gasteiger partial charge >= 0.3 is 0 Å². The van der Waals surface area contributed by atoms with Crippen LogP contribution in [-0.2, 0) is 0 Å². The number of nitrogens with zero attached hydrogens (tertiary/aromatic N) is 2. The van der Waals surface area contributed by atoms with E-state index in [1.165, 1.54) is 0 Å². The molecule has 0 saturated carbocycles. The first-order valence-electron chi connectivity index (χ1n) is 5.33. The Morgan fingerprint density at radius 2 is 1.95 bits per heavy atom. The van der Waals surface area contributed by atoms with Crippen LogP contribution < -0.4 is 0 Å². The van der Waals surface area contributed by atoms with Crippen molar-refractivity contribution in [2.45, 2.75) is 0 Å². The number of hydrogen-bond donors (Lipinski definition) is 1. The number of hydrogen-bond acceptors (Lipinski definition) is 3. The van der Waals surface area contributed by atoms with Gasteiger partial charge in [-0.15, -0.1) is 0 Å². The maximum absolute atomic E-state index is 9.31. The van der Waals surface area contributed by atoms with E-state index in [1.54, 1.807) is 42.5 Å². The van der Waals surface area contributed by atoms with Gasteiger partial charge in [0.25, 0.3) is 0 Å². The standard InChI is InChI=1S/C14H8BrClN2O/c15-13-7-10(3-6-14(13)18-19)12(8-17)9-1-4-11(16)5-2-9/h1-7,19H/b12-10-,18-14-. The van der Waals surface area contributed by atoms with Crippen LogP contribution in [0.25, 0.3) is 5.57 Å². The van der Waals surface area contributed by atoms with Gasteiger partial charge in [-0.25, -0.2) is 0 Å². The molecule has 1 aliphatic rings. The van der Waals surface area contributed by atoms with Gasteiger partial charge in [-0.2, -0.15) is 5.26 Å². The summed E-state index contributed by atoms with van der Waals surface area (Å²) in [4.78, 5) is 0. The summed E-state index contributed by atoms with van der Waals surface area (Å²) in [5, 5.41) is 21.8. The minimum atomic E-state index is 0.414. The second kappa shape index (κ2) is 5.87. The fourth-order valence-electron chi connectivity index (χ4n) is 1.66. The van der Waals surface area contributed by atoms with E-state index in [-0.39, 0.29) is 0 Å². The van der Waals surface area contributed by atoms with E-state index < -0.39 is 0 Å². The number of oxime groups is 1. The first-order chi connectivity index (χ1) is 9.15. The molecule has 94 valence electrons. The largest absolute Gasteiger partial charge is 0.410 e. The molecule has 0 atom stereocenters. The Morgan fingerprint density at radius 1 is 1.26 bits per heavy atom. The van der Waals surface area contributed by atoms with Crippen LogP contribution in [0.3, 0.4) is 0 Å². The second-order valence-corrected chi connectivity index (χ2v) is 5.05. The molecule has 0 spiro atoms. The summed E-state index contributed by atoms with van der Waals surface area (Å²) in [6, 6.07) is 9.23. The van der Waals surface area contributed by atoms with E-state index >= 15 is 0 Å². The van der Waals surface area contributed by atoms with Gasteiger partial charge in [-0.05, 0) is 51.4 Å². The van der Waals surface area contributed by atoms with Gasteiger partial charge in [-0.3, -0.25) is 0 Å². The fraction of sp³-hybridized carbons (Fsp3) is 0. The molecule has 1 N–H and O–H groups in total. The molecule has 0 radical (unpaired) electrons. The third-order valence-electron chi connectivity index (χ3n) is 2.59. The summed E-state index contributed by atoms with van der Waals surface area (Å²) in [5.74, 6) is 0. The molecule has 0 unspecified atom stereocenters. The van der Waals surface area contributed by atoms with E-state index in [2.05, 4.69) is 27.2 Å².